The molecule has 0 saturated heterocycles. The van der Waals surface area contributed by atoms with E-state index < -0.39 is 5.97 Å². The first-order valence-corrected chi connectivity index (χ1v) is 6.22. The maximum Gasteiger partial charge on any atom is 0.356 e. The lowest BCUT2D eigenvalue weighted by Gasteiger charge is -2.14. The van der Waals surface area contributed by atoms with Crippen molar-refractivity contribution in [1.82, 2.24) is 9.38 Å². The van der Waals surface area contributed by atoms with Gasteiger partial charge in [0.15, 0.2) is 5.69 Å². The molecule has 19 heavy (non-hydrogen) atoms. The van der Waals surface area contributed by atoms with E-state index in [9.17, 15) is 4.79 Å². The molecule has 0 fully saturated rings. The number of hydrogen-bond donors (Lipinski definition) is 1. The molecule has 0 amide bonds. The molecule has 102 valence electrons. The zero-order valence-electron chi connectivity index (χ0n) is 11.5. The molecule has 1 atom stereocenters. The lowest BCUT2D eigenvalue weighted by molar-refractivity contribution is 0.0691. The highest BCUT2D eigenvalue weighted by molar-refractivity contribution is 5.86. The molecule has 5 heteroatoms. The molecule has 0 aliphatic heterocycles. The SMILES string of the molecule is CO[C@H](C)c1cc(C(C)C)cn2cc(C(=O)O)nc12. The molecule has 2 aromatic heterocycles. The second-order valence-electron chi connectivity index (χ2n) is 4.92. The maximum atomic E-state index is 11.0. The molecule has 0 aliphatic carbocycles. The standard InChI is InChI=1S/C14H18N2O3/c1-8(2)10-5-11(9(3)19-4)13-15-12(14(17)18)7-16(13)6-10/h5-9H,1-4H3,(H,17,18)/t9-/m1/s1. The van der Waals surface area contributed by atoms with Gasteiger partial charge in [-0.3, -0.25) is 0 Å². The van der Waals surface area contributed by atoms with Crippen LogP contribution >= 0.6 is 0 Å². The molecule has 0 radical (unpaired) electrons. The van der Waals surface area contributed by atoms with Gasteiger partial charge in [-0.25, -0.2) is 9.78 Å². The fourth-order valence-electron chi connectivity index (χ4n) is 1.99. The van der Waals surface area contributed by atoms with Crippen LogP contribution in [0.15, 0.2) is 18.5 Å². The molecule has 2 aromatic rings. The summed E-state index contributed by atoms with van der Waals surface area (Å²) in [7, 11) is 1.63. The Bertz CT molecular complexity index is 616. The van der Waals surface area contributed by atoms with Crippen molar-refractivity contribution in [1.29, 1.82) is 0 Å². The van der Waals surface area contributed by atoms with Crippen molar-refractivity contribution in [2.75, 3.05) is 7.11 Å². The van der Waals surface area contributed by atoms with Crippen LogP contribution in [-0.2, 0) is 4.74 Å². The van der Waals surface area contributed by atoms with Crippen molar-refractivity contribution in [3.05, 3.63) is 35.3 Å². The highest BCUT2D eigenvalue weighted by atomic mass is 16.5. The van der Waals surface area contributed by atoms with Crippen LogP contribution in [-0.4, -0.2) is 27.6 Å². The minimum Gasteiger partial charge on any atom is -0.476 e. The monoisotopic (exact) mass is 262 g/mol. The third kappa shape index (κ3) is 2.46. The Hall–Kier alpha value is -1.88. The van der Waals surface area contributed by atoms with Gasteiger partial charge in [-0.05, 0) is 24.5 Å². The predicted octanol–water partition coefficient (Wildman–Crippen LogP) is 2.86. The largest absolute Gasteiger partial charge is 0.476 e. The highest BCUT2D eigenvalue weighted by Crippen LogP contribution is 2.26. The van der Waals surface area contributed by atoms with E-state index >= 15 is 0 Å². The fourth-order valence-corrected chi connectivity index (χ4v) is 1.99. The number of methoxy groups -OCH3 is 1. The number of carboxylic acids is 1. The van der Waals surface area contributed by atoms with Crippen LogP contribution in [0.5, 0.6) is 0 Å². The Morgan fingerprint density at radius 2 is 2.05 bits per heavy atom. The zero-order chi connectivity index (χ0) is 14.2. The second kappa shape index (κ2) is 5.01. The second-order valence-corrected chi connectivity index (χ2v) is 4.92. The molecule has 0 aromatic carbocycles. The molecule has 2 heterocycles. The number of carboxylic acid groups (broad SMARTS) is 1. The molecular formula is C14H18N2O3. The Morgan fingerprint density at radius 3 is 2.58 bits per heavy atom. The number of rotatable bonds is 4. The van der Waals surface area contributed by atoms with E-state index in [0.29, 0.717) is 11.6 Å². The summed E-state index contributed by atoms with van der Waals surface area (Å²) in [5.74, 6) is -0.672. The molecule has 0 saturated carbocycles. The molecule has 5 nitrogen and oxygen atoms in total. The summed E-state index contributed by atoms with van der Waals surface area (Å²) in [6.45, 7) is 6.11. The minimum atomic E-state index is -1.02. The number of aromatic carboxylic acids is 1. The summed E-state index contributed by atoms with van der Waals surface area (Å²) in [6, 6.07) is 2.03. The van der Waals surface area contributed by atoms with Gasteiger partial charge in [0.1, 0.15) is 5.65 Å². The fraction of sp³-hybridized carbons (Fsp3) is 0.429. The molecule has 2 rings (SSSR count). The van der Waals surface area contributed by atoms with Gasteiger partial charge in [0, 0.05) is 25.1 Å². The molecule has 0 unspecified atom stereocenters. The summed E-state index contributed by atoms with van der Waals surface area (Å²) in [6.07, 6.45) is 3.33. The lowest BCUT2D eigenvalue weighted by atomic mass is 10.0. The Balaban J connectivity index is 2.70. The molecule has 0 aliphatic rings. The van der Waals surface area contributed by atoms with Gasteiger partial charge in [-0.2, -0.15) is 0 Å². The number of ether oxygens (including phenoxy) is 1. The quantitative estimate of drug-likeness (QED) is 0.920. The Morgan fingerprint density at radius 1 is 1.37 bits per heavy atom. The van der Waals surface area contributed by atoms with Gasteiger partial charge in [0.2, 0.25) is 0 Å². The number of fused-ring (bicyclic) bond motifs is 1. The van der Waals surface area contributed by atoms with Crippen LogP contribution in [0, 0.1) is 0 Å². The number of nitrogens with zero attached hydrogens (tertiary/aromatic N) is 2. The van der Waals surface area contributed by atoms with Crippen molar-refractivity contribution in [2.24, 2.45) is 0 Å². The third-order valence-electron chi connectivity index (χ3n) is 3.28. The van der Waals surface area contributed by atoms with E-state index in [2.05, 4.69) is 18.8 Å². The van der Waals surface area contributed by atoms with Crippen molar-refractivity contribution in [2.45, 2.75) is 32.8 Å². The molecule has 1 N–H and O–H groups in total. The summed E-state index contributed by atoms with van der Waals surface area (Å²) in [5.41, 5.74) is 2.71. The first-order valence-electron chi connectivity index (χ1n) is 6.22. The van der Waals surface area contributed by atoms with E-state index in [-0.39, 0.29) is 11.8 Å². The summed E-state index contributed by atoms with van der Waals surface area (Å²) in [5, 5.41) is 9.04. The topological polar surface area (TPSA) is 63.8 Å². The number of hydrogen-bond acceptors (Lipinski definition) is 3. The summed E-state index contributed by atoms with van der Waals surface area (Å²) < 4.78 is 7.12. The van der Waals surface area contributed by atoms with Crippen molar-refractivity contribution in [3.8, 4) is 0 Å². The highest BCUT2D eigenvalue weighted by Gasteiger charge is 2.17. The normalized spacial score (nSPS) is 13.1. The van der Waals surface area contributed by atoms with E-state index in [4.69, 9.17) is 9.84 Å². The maximum absolute atomic E-state index is 11.0. The Kier molecular flexibility index (Phi) is 3.57. The average Bonchev–Trinajstić information content (AvgIpc) is 2.80. The van der Waals surface area contributed by atoms with Crippen molar-refractivity contribution in [3.63, 3.8) is 0 Å². The van der Waals surface area contributed by atoms with E-state index in [1.807, 2.05) is 19.2 Å². The number of imidazole rings is 1. The lowest BCUT2D eigenvalue weighted by Crippen LogP contribution is -2.03. The number of pyridine rings is 1. The van der Waals surface area contributed by atoms with E-state index in [1.165, 1.54) is 6.20 Å². The van der Waals surface area contributed by atoms with Crippen LogP contribution in [0.3, 0.4) is 0 Å². The van der Waals surface area contributed by atoms with Crippen LogP contribution in [0.25, 0.3) is 5.65 Å². The third-order valence-corrected chi connectivity index (χ3v) is 3.28. The average molecular weight is 262 g/mol. The zero-order valence-corrected chi connectivity index (χ0v) is 11.5. The van der Waals surface area contributed by atoms with Gasteiger partial charge in [-0.15, -0.1) is 0 Å². The molecular weight excluding hydrogens is 244 g/mol. The van der Waals surface area contributed by atoms with Gasteiger partial charge >= 0.3 is 5.97 Å². The summed E-state index contributed by atoms with van der Waals surface area (Å²) in [4.78, 5) is 15.2. The molecule has 0 spiro atoms. The number of aromatic nitrogens is 2. The van der Waals surface area contributed by atoms with Gasteiger partial charge in [0.25, 0.3) is 0 Å². The smallest absolute Gasteiger partial charge is 0.356 e. The summed E-state index contributed by atoms with van der Waals surface area (Å²) >= 11 is 0. The first-order chi connectivity index (χ1) is 8.93. The van der Waals surface area contributed by atoms with E-state index in [1.54, 1.807) is 11.5 Å². The van der Waals surface area contributed by atoms with Crippen molar-refractivity contribution < 1.29 is 14.6 Å². The van der Waals surface area contributed by atoms with Gasteiger partial charge < -0.3 is 14.2 Å². The van der Waals surface area contributed by atoms with Crippen LogP contribution in [0.1, 0.15) is 54.4 Å². The van der Waals surface area contributed by atoms with Gasteiger partial charge in [0.05, 0.1) is 6.10 Å². The Labute approximate surface area is 111 Å². The van der Waals surface area contributed by atoms with Crippen LogP contribution < -0.4 is 0 Å². The van der Waals surface area contributed by atoms with Gasteiger partial charge in [-0.1, -0.05) is 13.8 Å². The van der Waals surface area contributed by atoms with Crippen LogP contribution in [0.4, 0.5) is 0 Å². The van der Waals surface area contributed by atoms with Crippen LogP contribution in [0.2, 0.25) is 0 Å². The first kappa shape index (κ1) is 13.5. The van der Waals surface area contributed by atoms with E-state index in [0.717, 1.165) is 11.1 Å². The molecule has 0 bridgehead atoms. The minimum absolute atomic E-state index is 0.0467. The van der Waals surface area contributed by atoms with Crippen molar-refractivity contribution >= 4 is 11.6 Å². The predicted molar refractivity (Wildman–Crippen MR) is 71.7 cm³/mol. The number of carbonyl (C=O) groups is 1.